The minimum absolute atomic E-state index is 0.00499. The van der Waals surface area contributed by atoms with E-state index in [0.29, 0.717) is 31.0 Å². The van der Waals surface area contributed by atoms with Crippen LogP contribution in [0.3, 0.4) is 0 Å². The molecule has 2 aliphatic rings. The van der Waals surface area contributed by atoms with Gasteiger partial charge in [-0.1, -0.05) is 0 Å². The first-order valence-electron chi connectivity index (χ1n) is 8.77. The number of piperidine rings is 1. The van der Waals surface area contributed by atoms with E-state index in [4.69, 9.17) is 0 Å². The molecule has 0 radical (unpaired) electrons. The summed E-state index contributed by atoms with van der Waals surface area (Å²) in [6.07, 6.45) is 6.09. The van der Waals surface area contributed by atoms with Crippen molar-refractivity contribution in [1.82, 2.24) is 15.3 Å². The normalized spacial score (nSPS) is 23.2. The van der Waals surface area contributed by atoms with Gasteiger partial charge in [0.15, 0.2) is 0 Å². The molecule has 24 heavy (non-hydrogen) atoms. The Labute approximate surface area is 140 Å². The molecule has 1 aliphatic carbocycles. The number of aromatic nitrogens is 2. The lowest BCUT2D eigenvalue weighted by atomic mass is 10.0. The highest BCUT2D eigenvalue weighted by molar-refractivity contribution is 5.92. The number of anilines is 1. The second kappa shape index (κ2) is 7.40. The lowest BCUT2D eigenvalue weighted by Gasteiger charge is -2.26. The lowest BCUT2D eigenvalue weighted by Crippen LogP contribution is -2.32. The van der Waals surface area contributed by atoms with Gasteiger partial charge in [-0.15, -0.1) is 0 Å². The molecular weight excluding hydrogens is 314 g/mol. The van der Waals surface area contributed by atoms with Crippen molar-refractivity contribution in [3.8, 4) is 0 Å². The van der Waals surface area contributed by atoms with E-state index in [2.05, 4.69) is 20.2 Å². The van der Waals surface area contributed by atoms with Crippen molar-refractivity contribution >= 4 is 11.9 Å². The van der Waals surface area contributed by atoms with E-state index in [1.54, 1.807) is 12.3 Å². The number of rotatable bonds is 5. The quantitative estimate of drug-likeness (QED) is 0.897. The first-order valence-corrected chi connectivity index (χ1v) is 8.77. The Bertz CT molecular complexity index is 575. The summed E-state index contributed by atoms with van der Waals surface area (Å²) in [4.78, 5) is 22.9. The standard InChI is InChI=1S/C17H24F2N4O/c18-17(19)7-4-13(12-17)5-8-20-15(24)14-6-9-21-16(22-14)23-10-2-1-3-11-23/h6,9,13H,1-5,7-8,10-12H2,(H,20,24). The number of amides is 1. The second-order valence-electron chi connectivity index (χ2n) is 6.80. The zero-order valence-corrected chi connectivity index (χ0v) is 13.8. The zero-order chi connectivity index (χ0) is 17.0. The summed E-state index contributed by atoms with van der Waals surface area (Å²) in [6.45, 7) is 2.24. The first-order chi connectivity index (χ1) is 11.5. The molecule has 0 aromatic carbocycles. The predicted octanol–water partition coefficient (Wildman–Crippen LogP) is 3.02. The van der Waals surface area contributed by atoms with E-state index in [-0.39, 0.29) is 24.7 Å². The number of halogens is 2. The van der Waals surface area contributed by atoms with Crippen molar-refractivity contribution in [3.63, 3.8) is 0 Å². The van der Waals surface area contributed by atoms with Gasteiger partial charge >= 0.3 is 0 Å². The van der Waals surface area contributed by atoms with Crippen molar-refractivity contribution in [3.05, 3.63) is 18.0 Å². The van der Waals surface area contributed by atoms with Crippen LogP contribution in [-0.4, -0.2) is 41.4 Å². The van der Waals surface area contributed by atoms with Gasteiger partial charge in [-0.25, -0.2) is 18.7 Å². The SMILES string of the molecule is O=C(NCCC1CCC(F)(F)C1)c1ccnc(N2CCCCC2)n1. The van der Waals surface area contributed by atoms with Crippen LogP contribution in [0.1, 0.15) is 55.4 Å². The summed E-state index contributed by atoms with van der Waals surface area (Å²) >= 11 is 0. The van der Waals surface area contributed by atoms with Crippen LogP contribution in [0.5, 0.6) is 0 Å². The molecule has 1 atom stereocenters. The van der Waals surface area contributed by atoms with E-state index in [1.165, 1.54) is 6.42 Å². The van der Waals surface area contributed by atoms with Crippen molar-refractivity contribution < 1.29 is 13.6 Å². The van der Waals surface area contributed by atoms with Gasteiger partial charge in [0.05, 0.1) is 0 Å². The van der Waals surface area contributed by atoms with Gasteiger partial charge in [-0.3, -0.25) is 4.79 Å². The molecule has 132 valence electrons. The Balaban J connectivity index is 1.50. The molecule has 1 amide bonds. The minimum atomic E-state index is -2.52. The summed E-state index contributed by atoms with van der Waals surface area (Å²) < 4.78 is 26.3. The molecule has 1 N–H and O–H groups in total. The minimum Gasteiger partial charge on any atom is -0.351 e. The summed E-state index contributed by atoms with van der Waals surface area (Å²) in [6, 6.07) is 1.59. The summed E-state index contributed by atoms with van der Waals surface area (Å²) in [5, 5.41) is 2.79. The number of hydrogen-bond acceptors (Lipinski definition) is 4. The van der Waals surface area contributed by atoms with Crippen molar-refractivity contribution in [2.45, 2.75) is 50.9 Å². The average Bonchev–Trinajstić information content (AvgIpc) is 2.94. The van der Waals surface area contributed by atoms with Gasteiger partial charge in [0.1, 0.15) is 5.69 Å². The summed E-state index contributed by atoms with van der Waals surface area (Å²) in [7, 11) is 0. The van der Waals surface area contributed by atoms with Crippen LogP contribution in [0.15, 0.2) is 12.3 Å². The number of alkyl halides is 2. The van der Waals surface area contributed by atoms with Gasteiger partial charge < -0.3 is 10.2 Å². The molecular formula is C17H24F2N4O. The van der Waals surface area contributed by atoms with Gasteiger partial charge in [-0.2, -0.15) is 0 Å². The fourth-order valence-corrected chi connectivity index (χ4v) is 3.49. The van der Waals surface area contributed by atoms with E-state index in [1.807, 2.05) is 0 Å². The number of carbonyl (C=O) groups excluding carboxylic acids is 1. The fourth-order valence-electron chi connectivity index (χ4n) is 3.49. The van der Waals surface area contributed by atoms with Crippen LogP contribution in [0.25, 0.3) is 0 Å². The molecule has 1 saturated carbocycles. The average molecular weight is 338 g/mol. The summed E-state index contributed by atoms with van der Waals surface area (Å²) in [5.74, 6) is -2.20. The van der Waals surface area contributed by atoms with Gasteiger partial charge in [0, 0.05) is 38.7 Å². The predicted molar refractivity (Wildman–Crippen MR) is 87.3 cm³/mol. The molecule has 2 fully saturated rings. The Morgan fingerprint density at radius 2 is 2.12 bits per heavy atom. The van der Waals surface area contributed by atoms with Crippen LogP contribution in [0.2, 0.25) is 0 Å². The van der Waals surface area contributed by atoms with Crippen LogP contribution < -0.4 is 10.2 Å². The third-order valence-electron chi connectivity index (χ3n) is 4.86. The molecule has 1 unspecified atom stereocenters. The van der Waals surface area contributed by atoms with Gasteiger partial charge in [-0.05, 0) is 44.1 Å². The van der Waals surface area contributed by atoms with E-state index < -0.39 is 5.92 Å². The van der Waals surface area contributed by atoms with E-state index in [9.17, 15) is 13.6 Å². The zero-order valence-electron chi connectivity index (χ0n) is 13.8. The monoisotopic (exact) mass is 338 g/mol. The molecule has 0 bridgehead atoms. The van der Waals surface area contributed by atoms with E-state index >= 15 is 0 Å². The van der Waals surface area contributed by atoms with Gasteiger partial charge in [0.25, 0.3) is 5.91 Å². The molecule has 5 nitrogen and oxygen atoms in total. The molecule has 7 heteroatoms. The number of nitrogens with one attached hydrogen (secondary N) is 1. The molecule has 1 aromatic heterocycles. The third kappa shape index (κ3) is 4.39. The number of carbonyl (C=O) groups is 1. The van der Waals surface area contributed by atoms with Gasteiger partial charge in [0.2, 0.25) is 11.9 Å². The highest BCUT2D eigenvalue weighted by Gasteiger charge is 2.38. The highest BCUT2D eigenvalue weighted by atomic mass is 19.3. The van der Waals surface area contributed by atoms with Crippen molar-refractivity contribution in [2.24, 2.45) is 5.92 Å². The molecule has 1 aromatic rings. The topological polar surface area (TPSA) is 58.1 Å². The maximum absolute atomic E-state index is 13.2. The maximum atomic E-state index is 13.2. The third-order valence-corrected chi connectivity index (χ3v) is 4.86. The fraction of sp³-hybridized carbons (Fsp3) is 0.706. The van der Waals surface area contributed by atoms with Crippen molar-refractivity contribution in [2.75, 3.05) is 24.5 Å². The van der Waals surface area contributed by atoms with Crippen LogP contribution in [-0.2, 0) is 0 Å². The lowest BCUT2D eigenvalue weighted by molar-refractivity contribution is 0.00478. The molecule has 2 heterocycles. The second-order valence-corrected chi connectivity index (χ2v) is 6.80. The van der Waals surface area contributed by atoms with Crippen LogP contribution in [0.4, 0.5) is 14.7 Å². The summed E-state index contributed by atoms with van der Waals surface area (Å²) in [5.41, 5.74) is 0.335. The van der Waals surface area contributed by atoms with Crippen LogP contribution >= 0.6 is 0 Å². The molecule has 0 spiro atoms. The molecule has 1 saturated heterocycles. The maximum Gasteiger partial charge on any atom is 0.270 e. The van der Waals surface area contributed by atoms with Crippen molar-refractivity contribution in [1.29, 1.82) is 0 Å². The Hall–Kier alpha value is -1.79. The smallest absolute Gasteiger partial charge is 0.270 e. The Kier molecular flexibility index (Phi) is 5.26. The van der Waals surface area contributed by atoms with Crippen LogP contribution in [0, 0.1) is 5.92 Å². The largest absolute Gasteiger partial charge is 0.351 e. The first kappa shape index (κ1) is 17.0. The molecule has 3 rings (SSSR count). The number of nitrogens with zero attached hydrogens (tertiary/aromatic N) is 3. The molecule has 1 aliphatic heterocycles. The van der Waals surface area contributed by atoms with E-state index in [0.717, 1.165) is 25.9 Å². The Morgan fingerprint density at radius 1 is 1.33 bits per heavy atom. The number of hydrogen-bond donors (Lipinski definition) is 1. The highest BCUT2D eigenvalue weighted by Crippen LogP contribution is 2.40. The Morgan fingerprint density at radius 3 is 2.83 bits per heavy atom.